The second-order valence-corrected chi connectivity index (χ2v) is 4.93. The first-order valence-electron chi connectivity index (χ1n) is 6.77. The zero-order valence-corrected chi connectivity index (χ0v) is 11.9. The van der Waals surface area contributed by atoms with E-state index in [-0.39, 0.29) is 23.6 Å². The molecule has 3 rings (SSSR count). The molecule has 1 aromatic heterocycles. The molecule has 1 heterocycles. The van der Waals surface area contributed by atoms with Crippen molar-refractivity contribution in [1.29, 1.82) is 0 Å². The van der Waals surface area contributed by atoms with E-state index in [0.29, 0.717) is 16.6 Å². The lowest BCUT2D eigenvalue weighted by Crippen LogP contribution is -2.06. The van der Waals surface area contributed by atoms with Crippen molar-refractivity contribution in [3.05, 3.63) is 74.6 Å². The van der Waals surface area contributed by atoms with Gasteiger partial charge in [-0.3, -0.25) is 10.1 Å². The topological polar surface area (TPSA) is 106 Å². The van der Waals surface area contributed by atoms with Gasteiger partial charge in [0.25, 0.3) is 5.69 Å². The number of nitro groups is 1. The van der Waals surface area contributed by atoms with Gasteiger partial charge in [-0.2, -0.15) is 0 Å². The zero-order valence-electron chi connectivity index (χ0n) is 11.9. The third-order valence-corrected chi connectivity index (χ3v) is 3.35. The van der Waals surface area contributed by atoms with Crippen molar-refractivity contribution in [3.63, 3.8) is 0 Å². The van der Waals surface area contributed by atoms with E-state index in [4.69, 9.17) is 4.42 Å². The number of hydrogen-bond donors (Lipinski definition) is 2. The van der Waals surface area contributed by atoms with Crippen molar-refractivity contribution < 1.29 is 14.4 Å². The van der Waals surface area contributed by atoms with Crippen LogP contribution in [0.15, 0.2) is 57.7 Å². The van der Waals surface area contributed by atoms with Crippen molar-refractivity contribution in [3.8, 4) is 5.75 Å². The quantitative estimate of drug-likeness (QED) is 0.436. The molecule has 0 aliphatic heterocycles. The van der Waals surface area contributed by atoms with Gasteiger partial charge in [0, 0.05) is 41.9 Å². The average molecular weight is 312 g/mol. The Morgan fingerprint density at radius 3 is 2.78 bits per heavy atom. The van der Waals surface area contributed by atoms with Gasteiger partial charge in [-0.1, -0.05) is 6.07 Å². The number of hydrogen-bond acceptors (Lipinski definition) is 6. The van der Waals surface area contributed by atoms with Crippen molar-refractivity contribution in [2.24, 2.45) is 0 Å². The Balaban J connectivity index is 1.91. The van der Waals surface area contributed by atoms with Gasteiger partial charge in [-0.05, 0) is 23.8 Å². The summed E-state index contributed by atoms with van der Waals surface area (Å²) in [6, 6.07) is 12.0. The van der Waals surface area contributed by atoms with Gasteiger partial charge >= 0.3 is 5.63 Å². The summed E-state index contributed by atoms with van der Waals surface area (Å²) in [6.07, 6.45) is 0. The Kier molecular flexibility index (Phi) is 3.68. The van der Waals surface area contributed by atoms with Crippen LogP contribution in [0.2, 0.25) is 0 Å². The number of phenols is 1. The molecule has 0 bridgehead atoms. The fourth-order valence-electron chi connectivity index (χ4n) is 2.29. The number of benzene rings is 2. The largest absolute Gasteiger partial charge is 0.508 e. The second kappa shape index (κ2) is 5.80. The summed E-state index contributed by atoms with van der Waals surface area (Å²) in [4.78, 5) is 21.9. The maximum atomic E-state index is 11.6. The Hall–Kier alpha value is -3.35. The minimum absolute atomic E-state index is 0.00411. The van der Waals surface area contributed by atoms with E-state index < -0.39 is 10.5 Å². The van der Waals surface area contributed by atoms with Gasteiger partial charge in [0.2, 0.25) is 0 Å². The Labute approximate surface area is 129 Å². The predicted molar refractivity (Wildman–Crippen MR) is 84.6 cm³/mol. The molecule has 0 aliphatic rings. The molecule has 0 aliphatic carbocycles. The molecule has 23 heavy (non-hydrogen) atoms. The first kappa shape index (κ1) is 14.6. The summed E-state index contributed by atoms with van der Waals surface area (Å²) in [5, 5.41) is 24.0. The van der Waals surface area contributed by atoms with Gasteiger partial charge in [0.1, 0.15) is 11.3 Å². The van der Waals surface area contributed by atoms with Crippen LogP contribution >= 0.6 is 0 Å². The van der Waals surface area contributed by atoms with E-state index in [9.17, 15) is 20.0 Å². The fraction of sp³-hybridized carbons (Fsp3) is 0.0625. The van der Waals surface area contributed by atoms with Gasteiger partial charge in [-0.15, -0.1) is 0 Å². The molecule has 2 N–H and O–H groups in total. The van der Waals surface area contributed by atoms with Crippen LogP contribution in [0, 0.1) is 10.1 Å². The standard InChI is InChI=1S/C16H12N2O5/c19-13-4-5-14-10(6-16(20)23-15(14)8-13)9-17-11-2-1-3-12(7-11)18(21)22/h1-8,17,19H,9H2. The number of fused-ring (bicyclic) bond motifs is 1. The minimum Gasteiger partial charge on any atom is -0.508 e. The molecule has 0 spiro atoms. The maximum Gasteiger partial charge on any atom is 0.336 e. The lowest BCUT2D eigenvalue weighted by Gasteiger charge is -2.08. The summed E-state index contributed by atoms with van der Waals surface area (Å²) >= 11 is 0. The Bertz CT molecular complexity index is 949. The number of phenolic OH excluding ortho intramolecular Hbond substituents is 1. The van der Waals surface area contributed by atoms with Crippen molar-refractivity contribution in [2.75, 3.05) is 5.32 Å². The highest BCUT2D eigenvalue weighted by atomic mass is 16.6. The molecule has 0 saturated heterocycles. The SMILES string of the molecule is O=c1cc(CNc2cccc([N+](=O)[O-])c2)c2ccc(O)cc2o1. The van der Waals surface area contributed by atoms with Crippen LogP contribution in [-0.4, -0.2) is 10.0 Å². The summed E-state index contributed by atoms with van der Waals surface area (Å²) in [6.45, 7) is 0.286. The highest BCUT2D eigenvalue weighted by molar-refractivity contribution is 5.81. The van der Waals surface area contributed by atoms with Crippen molar-refractivity contribution in [1.82, 2.24) is 0 Å². The van der Waals surface area contributed by atoms with E-state index in [0.717, 1.165) is 0 Å². The number of nitrogens with zero attached hydrogens (tertiary/aromatic N) is 1. The zero-order chi connectivity index (χ0) is 16.4. The molecule has 0 saturated carbocycles. The smallest absolute Gasteiger partial charge is 0.336 e. The van der Waals surface area contributed by atoms with E-state index in [1.165, 1.54) is 30.3 Å². The van der Waals surface area contributed by atoms with Crippen molar-refractivity contribution in [2.45, 2.75) is 6.54 Å². The van der Waals surface area contributed by atoms with Crippen LogP contribution in [0.3, 0.4) is 0 Å². The van der Waals surface area contributed by atoms with Crippen molar-refractivity contribution >= 4 is 22.3 Å². The molecule has 0 amide bonds. The lowest BCUT2D eigenvalue weighted by atomic mass is 10.1. The van der Waals surface area contributed by atoms with Crippen LogP contribution < -0.4 is 10.9 Å². The van der Waals surface area contributed by atoms with Crippen LogP contribution in [0.5, 0.6) is 5.75 Å². The summed E-state index contributed by atoms with van der Waals surface area (Å²) in [5.74, 6) is 0.00411. The van der Waals surface area contributed by atoms with Crippen LogP contribution in [0.1, 0.15) is 5.56 Å². The first-order valence-corrected chi connectivity index (χ1v) is 6.77. The molecule has 116 valence electrons. The third kappa shape index (κ3) is 3.13. The fourth-order valence-corrected chi connectivity index (χ4v) is 2.29. The average Bonchev–Trinajstić information content (AvgIpc) is 2.52. The number of nitro benzene ring substituents is 1. The van der Waals surface area contributed by atoms with Gasteiger partial charge in [0.05, 0.1) is 4.92 Å². The molecular formula is C16H12N2O5. The maximum absolute atomic E-state index is 11.6. The van der Waals surface area contributed by atoms with Gasteiger partial charge < -0.3 is 14.8 Å². The van der Waals surface area contributed by atoms with E-state index >= 15 is 0 Å². The number of anilines is 1. The number of aromatic hydroxyl groups is 1. The Morgan fingerprint density at radius 1 is 1.17 bits per heavy atom. The molecule has 0 fully saturated rings. The molecule has 0 unspecified atom stereocenters. The minimum atomic E-state index is -0.529. The first-order chi connectivity index (χ1) is 11.0. The monoisotopic (exact) mass is 312 g/mol. The van der Waals surface area contributed by atoms with Gasteiger partial charge in [0.15, 0.2) is 0 Å². The van der Waals surface area contributed by atoms with Crippen LogP contribution in [0.25, 0.3) is 11.0 Å². The van der Waals surface area contributed by atoms with E-state index in [1.807, 2.05) is 0 Å². The summed E-state index contributed by atoms with van der Waals surface area (Å²) < 4.78 is 5.05. The lowest BCUT2D eigenvalue weighted by molar-refractivity contribution is -0.384. The third-order valence-electron chi connectivity index (χ3n) is 3.35. The number of non-ortho nitro benzene ring substituents is 1. The molecule has 0 atom stereocenters. The summed E-state index contributed by atoms with van der Waals surface area (Å²) in [7, 11) is 0. The van der Waals surface area contributed by atoms with E-state index in [2.05, 4.69) is 5.32 Å². The molecule has 0 radical (unpaired) electrons. The summed E-state index contributed by atoms with van der Waals surface area (Å²) in [5.41, 5.74) is 0.978. The molecule has 2 aromatic carbocycles. The van der Waals surface area contributed by atoms with Crippen LogP contribution in [-0.2, 0) is 6.54 Å². The van der Waals surface area contributed by atoms with E-state index in [1.54, 1.807) is 18.2 Å². The van der Waals surface area contributed by atoms with Gasteiger partial charge in [-0.25, -0.2) is 4.79 Å². The normalized spacial score (nSPS) is 10.6. The molecular weight excluding hydrogens is 300 g/mol. The highest BCUT2D eigenvalue weighted by Gasteiger charge is 2.08. The Morgan fingerprint density at radius 2 is 2.00 bits per heavy atom. The highest BCUT2D eigenvalue weighted by Crippen LogP contribution is 2.23. The molecule has 7 heteroatoms. The molecule has 7 nitrogen and oxygen atoms in total. The predicted octanol–water partition coefficient (Wildman–Crippen LogP) is 3.02. The molecule has 3 aromatic rings. The number of rotatable bonds is 4. The number of nitrogens with one attached hydrogen (secondary N) is 1. The van der Waals surface area contributed by atoms with Crippen LogP contribution in [0.4, 0.5) is 11.4 Å². The second-order valence-electron chi connectivity index (χ2n) is 4.93.